The lowest BCUT2D eigenvalue weighted by Crippen LogP contribution is -2.10. The van der Waals surface area contributed by atoms with E-state index in [0.717, 1.165) is 22.6 Å². The number of nitrogens with one attached hydrogen (secondary N) is 1. The van der Waals surface area contributed by atoms with E-state index in [9.17, 15) is 0 Å². The number of aryl methyl sites for hydroxylation is 1. The molecular weight excluding hydrogens is 296 g/mol. The number of hydrogen-bond donors (Lipinski definition) is 1. The molecule has 0 aliphatic heterocycles. The second kappa shape index (κ2) is 5.76. The number of aromatic nitrogens is 1. The maximum absolute atomic E-state index is 4.47. The third-order valence-corrected chi connectivity index (χ3v) is 4.42. The Labute approximate surface area is 114 Å². The summed E-state index contributed by atoms with van der Waals surface area (Å²) in [5.41, 5.74) is 2.42. The standard InChI is InChI=1S/C13H15BrN2S/c1-3-15-7-11-8-16-13(17-11)10-5-4-9(2)12(14)6-10/h4-6,8,15H,3,7H2,1-2H3. The Hall–Kier alpha value is -0.710. The first-order valence-electron chi connectivity index (χ1n) is 5.62. The van der Waals surface area contributed by atoms with Crippen LogP contribution in [0.4, 0.5) is 0 Å². The summed E-state index contributed by atoms with van der Waals surface area (Å²) in [4.78, 5) is 5.74. The molecule has 0 spiro atoms. The molecule has 2 rings (SSSR count). The molecule has 17 heavy (non-hydrogen) atoms. The second-order valence-corrected chi connectivity index (χ2v) is 5.85. The van der Waals surface area contributed by atoms with Crippen LogP contribution in [0, 0.1) is 6.92 Å². The van der Waals surface area contributed by atoms with Gasteiger partial charge in [0, 0.05) is 27.7 Å². The number of thiazole rings is 1. The number of benzene rings is 1. The van der Waals surface area contributed by atoms with Gasteiger partial charge in [0.1, 0.15) is 5.01 Å². The van der Waals surface area contributed by atoms with E-state index in [1.807, 2.05) is 6.20 Å². The molecule has 0 atom stereocenters. The Bertz CT molecular complexity index is 508. The lowest BCUT2D eigenvalue weighted by Gasteiger charge is -2.00. The van der Waals surface area contributed by atoms with E-state index in [4.69, 9.17) is 0 Å². The molecule has 1 aromatic carbocycles. The molecule has 0 saturated heterocycles. The van der Waals surface area contributed by atoms with E-state index in [0.29, 0.717) is 0 Å². The van der Waals surface area contributed by atoms with Gasteiger partial charge in [-0.25, -0.2) is 4.98 Å². The molecule has 0 radical (unpaired) electrons. The van der Waals surface area contributed by atoms with Crippen molar-refractivity contribution in [2.24, 2.45) is 0 Å². The van der Waals surface area contributed by atoms with E-state index in [1.54, 1.807) is 11.3 Å². The first-order valence-corrected chi connectivity index (χ1v) is 7.23. The minimum absolute atomic E-state index is 0.904. The summed E-state index contributed by atoms with van der Waals surface area (Å²) in [6, 6.07) is 6.37. The van der Waals surface area contributed by atoms with Gasteiger partial charge < -0.3 is 5.32 Å². The van der Waals surface area contributed by atoms with Crippen molar-refractivity contribution in [2.75, 3.05) is 6.54 Å². The summed E-state index contributed by atoms with van der Waals surface area (Å²) in [5.74, 6) is 0. The molecule has 0 aliphatic carbocycles. The van der Waals surface area contributed by atoms with Crippen molar-refractivity contribution in [3.8, 4) is 10.6 Å². The molecule has 0 unspecified atom stereocenters. The molecule has 0 aliphatic rings. The Kier molecular flexibility index (Phi) is 4.31. The van der Waals surface area contributed by atoms with Crippen molar-refractivity contribution in [3.05, 3.63) is 39.3 Å². The average Bonchev–Trinajstić information content (AvgIpc) is 2.79. The van der Waals surface area contributed by atoms with Crippen LogP contribution in [0.15, 0.2) is 28.9 Å². The normalized spacial score (nSPS) is 10.8. The van der Waals surface area contributed by atoms with E-state index >= 15 is 0 Å². The highest BCUT2D eigenvalue weighted by atomic mass is 79.9. The molecular formula is C13H15BrN2S. The summed E-state index contributed by atoms with van der Waals surface area (Å²) in [7, 11) is 0. The highest BCUT2D eigenvalue weighted by molar-refractivity contribution is 9.10. The smallest absolute Gasteiger partial charge is 0.123 e. The van der Waals surface area contributed by atoms with Gasteiger partial charge in [0.05, 0.1) is 0 Å². The van der Waals surface area contributed by atoms with Gasteiger partial charge >= 0.3 is 0 Å². The Morgan fingerprint density at radius 1 is 1.41 bits per heavy atom. The second-order valence-electron chi connectivity index (χ2n) is 3.88. The molecule has 90 valence electrons. The lowest BCUT2D eigenvalue weighted by atomic mass is 10.2. The molecule has 2 aromatic rings. The van der Waals surface area contributed by atoms with Gasteiger partial charge in [-0.05, 0) is 25.1 Å². The average molecular weight is 311 g/mol. The first-order chi connectivity index (χ1) is 8.20. The van der Waals surface area contributed by atoms with Gasteiger partial charge in [-0.1, -0.05) is 35.0 Å². The monoisotopic (exact) mass is 310 g/mol. The van der Waals surface area contributed by atoms with Crippen LogP contribution < -0.4 is 5.32 Å². The topological polar surface area (TPSA) is 24.9 Å². The van der Waals surface area contributed by atoms with Gasteiger partial charge in [0.25, 0.3) is 0 Å². The molecule has 0 amide bonds. The largest absolute Gasteiger partial charge is 0.312 e. The number of rotatable bonds is 4. The number of nitrogens with zero attached hydrogens (tertiary/aromatic N) is 1. The summed E-state index contributed by atoms with van der Waals surface area (Å²) in [5, 5.41) is 4.39. The summed E-state index contributed by atoms with van der Waals surface area (Å²) in [6.45, 7) is 6.09. The highest BCUT2D eigenvalue weighted by Crippen LogP contribution is 2.28. The summed E-state index contributed by atoms with van der Waals surface area (Å²) in [6.07, 6.45) is 1.95. The van der Waals surface area contributed by atoms with E-state index in [1.165, 1.54) is 16.0 Å². The van der Waals surface area contributed by atoms with Crippen molar-refractivity contribution < 1.29 is 0 Å². The zero-order valence-electron chi connectivity index (χ0n) is 9.96. The maximum Gasteiger partial charge on any atom is 0.123 e. The van der Waals surface area contributed by atoms with Crippen LogP contribution in [-0.4, -0.2) is 11.5 Å². The van der Waals surface area contributed by atoms with E-state index in [2.05, 4.69) is 58.3 Å². The molecule has 1 heterocycles. The van der Waals surface area contributed by atoms with E-state index in [-0.39, 0.29) is 0 Å². The predicted molar refractivity (Wildman–Crippen MR) is 77.4 cm³/mol. The molecule has 4 heteroatoms. The fraction of sp³-hybridized carbons (Fsp3) is 0.308. The van der Waals surface area contributed by atoms with Crippen LogP contribution in [0.25, 0.3) is 10.6 Å². The van der Waals surface area contributed by atoms with Crippen LogP contribution in [0.3, 0.4) is 0 Å². The van der Waals surface area contributed by atoms with Crippen molar-refractivity contribution in [2.45, 2.75) is 20.4 Å². The van der Waals surface area contributed by atoms with Gasteiger partial charge in [0.15, 0.2) is 0 Å². The minimum Gasteiger partial charge on any atom is -0.312 e. The summed E-state index contributed by atoms with van der Waals surface area (Å²) >= 11 is 5.30. The van der Waals surface area contributed by atoms with Crippen molar-refractivity contribution in [1.29, 1.82) is 0 Å². The highest BCUT2D eigenvalue weighted by Gasteiger charge is 2.05. The van der Waals surface area contributed by atoms with Crippen molar-refractivity contribution in [1.82, 2.24) is 10.3 Å². The Morgan fingerprint density at radius 2 is 2.24 bits per heavy atom. The van der Waals surface area contributed by atoms with Crippen molar-refractivity contribution >= 4 is 27.3 Å². The van der Waals surface area contributed by atoms with Gasteiger partial charge in [-0.2, -0.15) is 0 Å². The fourth-order valence-electron chi connectivity index (χ4n) is 1.50. The molecule has 1 N–H and O–H groups in total. The third kappa shape index (κ3) is 3.15. The van der Waals surface area contributed by atoms with Crippen LogP contribution >= 0.6 is 27.3 Å². The maximum atomic E-state index is 4.47. The van der Waals surface area contributed by atoms with Gasteiger partial charge in [-0.3, -0.25) is 0 Å². The van der Waals surface area contributed by atoms with Crippen LogP contribution in [0.5, 0.6) is 0 Å². The number of halogens is 1. The van der Waals surface area contributed by atoms with Crippen LogP contribution in [0.2, 0.25) is 0 Å². The molecule has 0 saturated carbocycles. The third-order valence-electron chi connectivity index (χ3n) is 2.52. The van der Waals surface area contributed by atoms with Crippen molar-refractivity contribution in [3.63, 3.8) is 0 Å². The van der Waals surface area contributed by atoms with Gasteiger partial charge in [-0.15, -0.1) is 11.3 Å². The Morgan fingerprint density at radius 3 is 2.94 bits per heavy atom. The zero-order valence-corrected chi connectivity index (χ0v) is 12.4. The van der Waals surface area contributed by atoms with E-state index < -0.39 is 0 Å². The fourth-order valence-corrected chi connectivity index (χ4v) is 2.75. The van der Waals surface area contributed by atoms with Gasteiger partial charge in [0.2, 0.25) is 0 Å². The Balaban J connectivity index is 2.21. The van der Waals surface area contributed by atoms with Crippen LogP contribution in [0.1, 0.15) is 17.4 Å². The quantitative estimate of drug-likeness (QED) is 0.923. The zero-order chi connectivity index (χ0) is 12.3. The van der Waals surface area contributed by atoms with Crippen LogP contribution in [-0.2, 0) is 6.54 Å². The SMILES string of the molecule is CCNCc1cnc(-c2ccc(C)c(Br)c2)s1. The molecule has 1 aromatic heterocycles. The molecule has 2 nitrogen and oxygen atoms in total. The first kappa shape index (κ1) is 12.7. The lowest BCUT2D eigenvalue weighted by molar-refractivity contribution is 0.734. The molecule has 0 fully saturated rings. The molecule has 0 bridgehead atoms. The summed E-state index contributed by atoms with van der Waals surface area (Å²) < 4.78 is 1.14. The predicted octanol–water partition coefficient (Wildman–Crippen LogP) is 3.99. The minimum atomic E-state index is 0.904. The number of hydrogen-bond acceptors (Lipinski definition) is 3.